The van der Waals surface area contributed by atoms with Gasteiger partial charge in [0.15, 0.2) is 5.82 Å². The van der Waals surface area contributed by atoms with E-state index in [4.69, 9.17) is 4.74 Å². The van der Waals surface area contributed by atoms with Gasteiger partial charge in [0.2, 0.25) is 5.95 Å². The minimum Gasteiger partial charge on any atom is -0.378 e. The molecule has 0 unspecified atom stereocenters. The first-order valence-corrected chi connectivity index (χ1v) is 9.72. The van der Waals surface area contributed by atoms with Gasteiger partial charge in [0.05, 0.1) is 13.2 Å². The molecule has 0 radical (unpaired) electrons. The summed E-state index contributed by atoms with van der Waals surface area (Å²) in [4.78, 5) is 6.91. The maximum Gasteiger partial charge on any atom is 0.246 e. The maximum atomic E-state index is 5.41. The summed E-state index contributed by atoms with van der Waals surface area (Å²) in [5.74, 6) is 1.32. The Kier molecular flexibility index (Phi) is 5.05. The average molecular weight is 377 g/mol. The summed E-state index contributed by atoms with van der Waals surface area (Å²) >= 11 is 0. The zero-order valence-electron chi connectivity index (χ0n) is 16.7. The van der Waals surface area contributed by atoms with Crippen LogP contribution in [0, 0.1) is 0 Å². The van der Waals surface area contributed by atoms with E-state index >= 15 is 0 Å². The first-order chi connectivity index (χ1) is 13.5. The number of nitrogens with one attached hydrogen (secondary N) is 2. The van der Waals surface area contributed by atoms with Crippen LogP contribution in [0.2, 0.25) is 0 Å². The van der Waals surface area contributed by atoms with Gasteiger partial charge in [-0.2, -0.15) is 4.98 Å². The number of benzene rings is 2. The van der Waals surface area contributed by atoms with Crippen molar-refractivity contribution in [2.75, 3.05) is 36.5 Å². The van der Waals surface area contributed by atoms with Gasteiger partial charge < -0.3 is 15.0 Å². The largest absolute Gasteiger partial charge is 0.378 e. The second-order valence-corrected chi connectivity index (χ2v) is 8.11. The highest BCUT2D eigenvalue weighted by Crippen LogP contribution is 2.26. The maximum absolute atomic E-state index is 5.41. The van der Waals surface area contributed by atoms with Crippen molar-refractivity contribution in [3.63, 3.8) is 0 Å². The minimum absolute atomic E-state index is 0.139. The van der Waals surface area contributed by atoms with Gasteiger partial charge in [0, 0.05) is 30.0 Å². The summed E-state index contributed by atoms with van der Waals surface area (Å²) in [6.07, 6.45) is 0. The lowest BCUT2D eigenvalue weighted by atomic mass is 9.87. The lowest BCUT2D eigenvalue weighted by Gasteiger charge is -2.28. The van der Waals surface area contributed by atoms with Gasteiger partial charge in [-0.15, -0.1) is 5.10 Å². The highest BCUT2D eigenvalue weighted by molar-refractivity contribution is 5.62. The van der Waals surface area contributed by atoms with Crippen LogP contribution in [-0.4, -0.2) is 41.5 Å². The molecule has 1 aliphatic heterocycles. The topological polar surface area (TPSA) is 66.1 Å². The molecule has 6 nitrogen and oxygen atoms in total. The van der Waals surface area contributed by atoms with E-state index in [1.807, 2.05) is 0 Å². The summed E-state index contributed by atoms with van der Waals surface area (Å²) in [5, 5.41) is 10.6. The number of morpholine rings is 1. The van der Waals surface area contributed by atoms with Gasteiger partial charge in [-0.25, -0.2) is 0 Å². The molecule has 0 saturated carbocycles. The molecule has 1 fully saturated rings. The quantitative estimate of drug-likeness (QED) is 0.708. The van der Waals surface area contributed by atoms with E-state index < -0.39 is 0 Å². The van der Waals surface area contributed by atoms with Gasteiger partial charge in [0.25, 0.3) is 0 Å². The van der Waals surface area contributed by atoms with Crippen molar-refractivity contribution < 1.29 is 4.74 Å². The smallest absolute Gasteiger partial charge is 0.246 e. The van der Waals surface area contributed by atoms with Crippen LogP contribution in [0.15, 0.2) is 48.5 Å². The Bertz CT molecular complexity index is 903. The number of rotatable bonds is 4. The fraction of sp³-hybridized carbons (Fsp3) is 0.364. The Morgan fingerprint density at radius 1 is 0.964 bits per heavy atom. The van der Waals surface area contributed by atoms with E-state index in [0.717, 1.165) is 43.4 Å². The van der Waals surface area contributed by atoms with Crippen LogP contribution in [0.4, 0.5) is 17.3 Å². The standard InChI is InChI=1S/C22H27N5O/c1-22(2,3)17-6-4-16(5-7-17)20-24-21(26-25-20)23-18-8-10-19(11-9-18)27-12-14-28-15-13-27/h4-11H,12-15H2,1-3H3,(H2,23,24,25,26). The SMILES string of the molecule is CC(C)(C)c1ccc(-c2nc(Nc3ccc(N4CCOCC4)cc3)n[nH]2)cc1. The first kappa shape index (κ1) is 18.5. The molecule has 1 aromatic heterocycles. The normalized spacial score (nSPS) is 14.9. The van der Waals surface area contributed by atoms with Crippen LogP contribution in [0.5, 0.6) is 0 Å². The molecule has 2 N–H and O–H groups in total. The first-order valence-electron chi connectivity index (χ1n) is 9.72. The van der Waals surface area contributed by atoms with E-state index in [0.29, 0.717) is 5.95 Å². The van der Waals surface area contributed by atoms with E-state index in [1.54, 1.807) is 0 Å². The third kappa shape index (κ3) is 4.17. The number of aromatic nitrogens is 3. The van der Waals surface area contributed by atoms with Crippen molar-refractivity contribution in [3.8, 4) is 11.4 Å². The molecule has 0 bridgehead atoms. The number of hydrogen-bond donors (Lipinski definition) is 2. The van der Waals surface area contributed by atoms with Crippen LogP contribution in [-0.2, 0) is 10.2 Å². The van der Waals surface area contributed by atoms with Gasteiger partial charge in [0.1, 0.15) is 0 Å². The zero-order valence-corrected chi connectivity index (χ0v) is 16.7. The summed E-state index contributed by atoms with van der Waals surface area (Å²) in [7, 11) is 0. The summed E-state index contributed by atoms with van der Waals surface area (Å²) in [6, 6.07) is 16.8. The predicted molar refractivity (Wildman–Crippen MR) is 113 cm³/mol. The molecule has 1 aliphatic rings. The Hall–Kier alpha value is -2.86. The summed E-state index contributed by atoms with van der Waals surface area (Å²) in [5.41, 5.74) is 4.64. The molecule has 4 rings (SSSR count). The Balaban J connectivity index is 1.43. The second-order valence-electron chi connectivity index (χ2n) is 8.11. The molecule has 146 valence electrons. The van der Waals surface area contributed by atoms with Crippen LogP contribution in [0.25, 0.3) is 11.4 Å². The molecular formula is C22H27N5O. The van der Waals surface area contributed by atoms with Gasteiger partial charge in [-0.3, -0.25) is 5.10 Å². The number of H-pyrrole nitrogens is 1. The molecular weight excluding hydrogens is 350 g/mol. The molecule has 2 aromatic carbocycles. The molecule has 28 heavy (non-hydrogen) atoms. The highest BCUT2D eigenvalue weighted by Gasteiger charge is 2.14. The third-order valence-corrected chi connectivity index (χ3v) is 5.01. The van der Waals surface area contributed by atoms with Crippen molar-refractivity contribution in [2.45, 2.75) is 26.2 Å². The number of anilines is 3. The Labute approximate surface area is 165 Å². The number of ether oxygens (including phenoxy) is 1. The number of hydrogen-bond acceptors (Lipinski definition) is 5. The molecule has 1 saturated heterocycles. The van der Waals surface area contributed by atoms with Crippen LogP contribution >= 0.6 is 0 Å². The van der Waals surface area contributed by atoms with Crippen LogP contribution < -0.4 is 10.2 Å². The van der Waals surface area contributed by atoms with Crippen molar-refractivity contribution in [1.29, 1.82) is 0 Å². The molecule has 3 aromatic rings. The Morgan fingerprint density at radius 2 is 1.64 bits per heavy atom. The highest BCUT2D eigenvalue weighted by atomic mass is 16.5. The van der Waals surface area contributed by atoms with E-state index in [2.05, 4.69) is 94.7 Å². The summed E-state index contributed by atoms with van der Waals surface area (Å²) < 4.78 is 5.41. The van der Waals surface area contributed by atoms with Crippen molar-refractivity contribution >= 4 is 17.3 Å². The van der Waals surface area contributed by atoms with Crippen LogP contribution in [0.1, 0.15) is 26.3 Å². The average Bonchev–Trinajstić information content (AvgIpc) is 3.17. The molecule has 6 heteroatoms. The fourth-order valence-corrected chi connectivity index (χ4v) is 3.28. The van der Waals surface area contributed by atoms with Crippen molar-refractivity contribution in [2.24, 2.45) is 0 Å². The Morgan fingerprint density at radius 3 is 2.29 bits per heavy atom. The minimum atomic E-state index is 0.139. The molecule has 2 heterocycles. The van der Waals surface area contributed by atoms with Gasteiger partial charge in [-0.05, 0) is 35.2 Å². The van der Waals surface area contributed by atoms with E-state index in [9.17, 15) is 0 Å². The van der Waals surface area contributed by atoms with E-state index in [-0.39, 0.29) is 5.41 Å². The number of nitrogens with zero attached hydrogens (tertiary/aromatic N) is 3. The zero-order chi connectivity index (χ0) is 19.6. The van der Waals surface area contributed by atoms with E-state index in [1.165, 1.54) is 11.3 Å². The number of aromatic amines is 1. The summed E-state index contributed by atoms with van der Waals surface area (Å²) in [6.45, 7) is 10.1. The monoisotopic (exact) mass is 377 g/mol. The lowest BCUT2D eigenvalue weighted by Crippen LogP contribution is -2.36. The van der Waals surface area contributed by atoms with Gasteiger partial charge >= 0.3 is 0 Å². The van der Waals surface area contributed by atoms with Crippen molar-refractivity contribution in [3.05, 3.63) is 54.1 Å². The lowest BCUT2D eigenvalue weighted by molar-refractivity contribution is 0.122. The third-order valence-electron chi connectivity index (χ3n) is 5.01. The van der Waals surface area contributed by atoms with Crippen molar-refractivity contribution in [1.82, 2.24) is 15.2 Å². The predicted octanol–water partition coefficient (Wildman–Crippen LogP) is 4.35. The fourth-order valence-electron chi connectivity index (χ4n) is 3.28. The second kappa shape index (κ2) is 7.64. The molecule has 0 amide bonds. The molecule has 0 aliphatic carbocycles. The molecule has 0 atom stereocenters. The van der Waals surface area contributed by atoms with Crippen LogP contribution in [0.3, 0.4) is 0 Å². The molecule has 0 spiro atoms. The van der Waals surface area contributed by atoms with Gasteiger partial charge in [-0.1, -0.05) is 45.0 Å².